The standard InChI is InChI=1S/C19H19N7O/c1-11-5-4-6-15(12(11)2)22-18(27)16-13(3)21-19-23-24-25-26(19)17(16)14-7-9-20-10-8-14/h4-10,17H,1-3H3,(H,22,27)(H,21,23,25)/t17-/m1/s1. The van der Waals surface area contributed by atoms with E-state index in [-0.39, 0.29) is 5.91 Å². The van der Waals surface area contributed by atoms with Gasteiger partial charge >= 0.3 is 0 Å². The van der Waals surface area contributed by atoms with Crippen LogP contribution in [0.15, 0.2) is 54.0 Å². The molecule has 1 atom stereocenters. The van der Waals surface area contributed by atoms with Gasteiger partial charge in [0.05, 0.1) is 5.57 Å². The molecule has 0 fully saturated rings. The number of carbonyl (C=O) groups is 1. The summed E-state index contributed by atoms with van der Waals surface area (Å²) >= 11 is 0. The Labute approximate surface area is 156 Å². The predicted molar refractivity (Wildman–Crippen MR) is 101 cm³/mol. The first-order chi connectivity index (χ1) is 13.1. The van der Waals surface area contributed by atoms with E-state index in [0.717, 1.165) is 22.4 Å². The summed E-state index contributed by atoms with van der Waals surface area (Å²) in [7, 11) is 0. The van der Waals surface area contributed by atoms with Crippen LogP contribution in [0.25, 0.3) is 0 Å². The summed E-state index contributed by atoms with van der Waals surface area (Å²) in [6, 6.07) is 9.13. The van der Waals surface area contributed by atoms with Crippen molar-refractivity contribution in [2.75, 3.05) is 10.6 Å². The number of rotatable bonds is 3. The van der Waals surface area contributed by atoms with Crippen LogP contribution in [-0.4, -0.2) is 31.1 Å². The fourth-order valence-electron chi connectivity index (χ4n) is 3.24. The van der Waals surface area contributed by atoms with Crippen molar-refractivity contribution in [2.45, 2.75) is 26.8 Å². The number of anilines is 2. The van der Waals surface area contributed by atoms with E-state index >= 15 is 0 Å². The SMILES string of the molecule is CC1=C(C(=O)Nc2cccc(C)c2C)[C@@H](c2ccncc2)n2nnnc2N1. The molecule has 1 aliphatic rings. The van der Waals surface area contributed by atoms with Gasteiger partial charge in [0.2, 0.25) is 5.95 Å². The van der Waals surface area contributed by atoms with Crippen LogP contribution in [-0.2, 0) is 4.79 Å². The second-order valence-corrected chi connectivity index (χ2v) is 6.50. The van der Waals surface area contributed by atoms with Gasteiger partial charge in [-0.3, -0.25) is 9.78 Å². The number of nitrogens with zero attached hydrogens (tertiary/aromatic N) is 5. The molecule has 1 aromatic carbocycles. The number of hydrogen-bond acceptors (Lipinski definition) is 6. The van der Waals surface area contributed by atoms with Gasteiger partial charge in [-0.25, -0.2) is 0 Å². The van der Waals surface area contributed by atoms with Gasteiger partial charge in [0.15, 0.2) is 0 Å². The molecule has 3 aromatic rings. The largest absolute Gasteiger partial charge is 0.326 e. The number of aromatic nitrogens is 5. The molecular formula is C19H19N7O. The van der Waals surface area contributed by atoms with Crippen LogP contribution in [0.4, 0.5) is 11.6 Å². The highest BCUT2D eigenvalue weighted by Crippen LogP contribution is 2.34. The summed E-state index contributed by atoms with van der Waals surface area (Å²) in [6.45, 7) is 5.86. The minimum atomic E-state index is -0.440. The molecule has 0 unspecified atom stereocenters. The molecule has 1 amide bonds. The molecule has 1 aliphatic heterocycles. The van der Waals surface area contributed by atoms with Crippen LogP contribution in [0.1, 0.15) is 29.7 Å². The van der Waals surface area contributed by atoms with Gasteiger partial charge in [-0.15, -0.1) is 0 Å². The Hall–Kier alpha value is -3.55. The first-order valence-corrected chi connectivity index (χ1v) is 8.59. The number of amides is 1. The van der Waals surface area contributed by atoms with Crippen LogP contribution in [0.3, 0.4) is 0 Å². The van der Waals surface area contributed by atoms with Gasteiger partial charge in [0.25, 0.3) is 5.91 Å². The van der Waals surface area contributed by atoms with Crippen molar-refractivity contribution in [3.63, 3.8) is 0 Å². The van der Waals surface area contributed by atoms with Crippen molar-refractivity contribution < 1.29 is 4.79 Å². The second-order valence-electron chi connectivity index (χ2n) is 6.50. The van der Waals surface area contributed by atoms with Gasteiger partial charge in [0, 0.05) is 23.8 Å². The van der Waals surface area contributed by atoms with Gasteiger partial charge in [-0.05, 0) is 66.1 Å². The molecular weight excluding hydrogens is 342 g/mol. The van der Waals surface area contributed by atoms with E-state index in [4.69, 9.17) is 0 Å². The number of benzene rings is 1. The van der Waals surface area contributed by atoms with E-state index in [0.29, 0.717) is 17.2 Å². The normalized spacial score (nSPS) is 15.9. The van der Waals surface area contributed by atoms with E-state index < -0.39 is 6.04 Å². The Bertz CT molecular complexity index is 1040. The predicted octanol–water partition coefficient (Wildman–Crippen LogP) is 2.61. The molecule has 8 heteroatoms. The maximum absolute atomic E-state index is 13.3. The third-order valence-electron chi connectivity index (χ3n) is 4.83. The summed E-state index contributed by atoms with van der Waals surface area (Å²) in [5.74, 6) is 0.300. The lowest BCUT2D eigenvalue weighted by Gasteiger charge is -2.28. The number of aryl methyl sites for hydroxylation is 1. The zero-order valence-corrected chi connectivity index (χ0v) is 15.3. The number of pyridine rings is 1. The molecule has 0 spiro atoms. The third-order valence-corrected chi connectivity index (χ3v) is 4.83. The van der Waals surface area contributed by atoms with Crippen molar-refractivity contribution in [3.8, 4) is 0 Å². The number of tetrazole rings is 1. The number of fused-ring (bicyclic) bond motifs is 1. The maximum atomic E-state index is 13.3. The topological polar surface area (TPSA) is 97.6 Å². The maximum Gasteiger partial charge on any atom is 0.255 e. The molecule has 27 heavy (non-hydrogen) atoms. The molecule has 0 radical (unpaired) electrons. The summed E-state index contributed by atoms with van der Waals surface area (Å²) in [5, 5.41) is 18.0. The molecule has 3 heterocycles. The quantitative estimate of drug-likeness (QED) is 0.744. The molecule has 0 saturated carbocycles. The van der Waals surface area contributed by atoms with E-state index in [1.165, 1.54) is 0 Å². The Balaban J connectivity index is 1.77. The van der Waals surface area contributed by atoms with Gasteiger partial charge in [0.1, 0.15) is 6.04 Å². The number of allylic oxidation sites excluding steroid dienone is 1. The van der Waals surface area contributed by atoms with E-state index in [2.05, 4.69) is 31.1 Å². The lowest BCUT2D eigenvalue weighted by atomic mass is 9.95. The van der Waals surface area contributed by atoms with Crippen LogP contribution in [0.5, 0.6) is 0 Å². The molecule has 4 rings (SSSR count). The van der Waals surface area contributed by atoms with E-state index in [1.54, 1.807) is 17.1 Å². The molecule has 8 nitrogen and oxygen atoms in total. The van der Waals surface area contributed by atoms with Crippen molar-refractivity contribution in [3.05, 3.63) is 70.7 Å². The number of nitrogens with one attached hydrogen (secondary N) is 2. The van der Waals surface area contributed by atoms with Crippen LogP contribution in [0, 0.1) is 13.8 Å². The molecule has 2 N–H and O–H groups in total. The fourth-order valence-corrected chi connectivity index (χ4v) is 3.24. The Kier molecular flexibility index (Phi) is 4.15. The zero-order valence-electron chi connectivity index (χ0n) is 15.3. The number of carbonyl (C=O) groups excluding carboxylic acids is 1. The van der Waals surface area contributed by atoms with Gasteiger partial charge in [-0.1, -0.05) is 17.2 Å². The molecule has 0 saturated heterocycles. The minimum Gasteiger partial charge on any atom is -0.326 e. The van der Waals surface area contributed by atoms with Crippen LogP contribution < -0.4 is 10.6 Å². The third kappa shape index (κ3) is 2.95. The van der Waals surface area contributed by atoms with Gasteiger partial charge < -0.3 is 10.6 Å². The van der Waals surface area contributed by atoms with Crippen molar-refractivity contribution in [1.82, 2.24) is 25.2 Å². The summed E-state index contributed by atoms with van der Waals surface area (Å²) < 4.78 is 1.61. The van der Waals surface area contributed by atoms with E-state index in [1.807, 2.05) is 51.1 Å². The van der Waals surface area contributed by atoms with Crippen molar-refractivity contribution >= 4 is 17.5 Å². The Morgan fingerprint density at radius 3 is 2.70 bits per heavy atom. The Morgan fingerprint density at radius 2 is 1.93 bits per heavy atom. The first-order valence-electron chi connectivity index (χ1n) is 8.59. The lowest BCUT2D eigenvalue weighted by Crippen LogP contribution is -2.31. The van der Waals surface area contributed by atoms with Crippen LogP contribution in [0.2, 0.25) is 0 Å². The molecule has 2 aromatic heterocycles. The highest BCUT2D eigenvalue weighted by Gasteiger charge is 2.34. The average Bonchev–Trinajstić information content (AvgIpc) is 3.13. The summed E-state index contributed by atoms with van der Waals surface area (Å²) in [6.07, 6.45) is 3.38. The second kappa shape index (κ2) is 6.64. The minimum absolute atomic E-state index is 0.198. The van der Waals surface area contributed by atoms with E-state index in [9.17, 15) is 4.79 Å². The highest BCUT2D eigenvalue weighted by molar-refractivity contribution is 6.06. The molecule has 0 bridgehead atoms. The smallest absolute Gasteiger partial charge is 0.255 e. The van der Waals surface area contributed by atoms with Crippen LogP contribution >= 0.6 is 0 Å². The van der Waals surface area contributed by atoms with Gasteiger partial charge in [-0.2, -0.15) is 4.68 Å². The average molecular weight is 361 g/mol. The monoisotopic (exact) mass is 361 g/mol. The van der Waals surface area contributed by atoms with Crippen molar-refractivity contribution in [2.24, 2.45) is 0 Å². The molecule has 0 aliphatic carbocycles. The fraction of sp³-hybridized carbons (Fsp3) is 0.211. The lowest BCUT2D eigenvalue weighted by molar-refractivity contribution is -0.113. The Morgan fingerprint density at radius 1 is 1.15 bits per heavy atom. The number of hydrogen-bond donors (Lipinski definition) is 2. The first kappa shape index (κ1) is 16.9. The molecule has 136 valence electrons. The summed E-state index contributed by atoms with van der Waals surface area (Å²) in [4.78, 5) is 17.3. The van der Waals surface area contributed by atoms with Crippen molar-refractivity contribution in [1.29, 1.82) is 0 Å². The highest BCUT2D eigenvalue weighted by atomic mass is 16.1. The summed E-state index contributed by atoms with van der Waals surface area (Å²) in [5.41, 5.74) is 5.09. The zero-order chi connectivity index (χ0) is 19.0.